The lowest BCUT2D eigenvalue weighted by Crippen LogP contribution is -2.49. The molecule has 6 nitrogen and oxygen atoms in total. The molecule has 2 rings (SSSR count). The Labute approximate surface area is 148 Å². The summed E-state index contributed by atoms with van der Waals surface area (Å²) >= 11 is 0. The van der Waals surface area contributed by atoms with Crippen molar-refractivity contribution in [2.75, 3.05) is 0 Å². The van der Waals surface area contributed by atoms with E-state index < -0.39 is 32.0 Å². The third-order valence-corrected chi connectivity index (χ3v) is 6.04. The summed E-state index contributed by atoms with van der Waals surface area (Å²) in [6.07, 6.45) is 2.64. The first-order valence-electron chi connectivity index (χ1n) is 8.51. The Hall–Kier alpha value is -2.12. The van der Waals surface area contributed by atoms with E-state index in [9.17, 15) is 14.7 Å². The van der Waals surface area contributed by atoms with Crippen molar-refractivity contribution in [2.45, 2.75) is 50.6 Å². The molecule has 0 aliphatic carbocycles. The van der Waals surface area contributed by atoms with Gasteiger partial charge in [-0.3, -0.25) is 4.79 Å². The van der Waals surface area contributed by atoms with Gasteiger partial charge in [0, 0.05) is 25.2 Å². The van der Waals surface area contributed by atoms with E-state index in [0.29, 0.717) is 12.8 Å². The summed E-state index contributed by atoms with van der Waals surface area (Å²) in [6, 6.07) is 6.97. The molecule has 5 N–H and O–H groups in total. The highest BCUT2D eigenvalue weighted by Crippen LogP contribution is 2.19. The number of aromatic nitrogens is 1. The highest BCUT2D eigenvalue weighted by Gasteiger charge is 2.26. The number of carbonyl (C=O) groups excluding carboxylic acids is 1. The van der Waals surface area contributed by atoms with E-state index >= 15 is 0 Å². The largest absolute Gasteiger partial charge is 0.480 e. The van der Waals surface area contributed by atoms with Gasteiger partial charge in [-0.05, 0) is 24.5 Å². The zero-order chi connectivity index (χ0) is 18.6. The molecule has 0 spiro atoms. The van der Waals surface area contributed by atoms with E-state index in [4.69, 9.17) is 5.73 Å². The van der Waals surface area contributed by atoms with Crippen LogP contribution in [-0.4, -0.2) is 42.1 Å². The van der Waals surface area contributed by atoms with Crippen LogP contribution in [0.3, 0.4) is 0 Å². The average Bonchev–Trinajstić information content (AvgIpc) is 2.93. The Morgan fingerprint density at radius 3 is 2.60 bits per heavy atom. The van der Waals surface area contributed by atoms with Crippen LogP contribution < -0.4 is 11.1 Å². The first-order chi connectivity index (χ1) is 11.7. The fourth-order valence-corrected chi connectivity index (χ4v) is 3.90. The lowest BCUT2D eigenvalue weighted by molar-refractivity contribution is -0.142. The number of carboxylic acids is 1. The second-order valence-corrected chi connectivity index (χ2v) is 13.3. The number of hydrogen-bond donors (Lipinski definition) is 4. The Morgan fingerprint density at radius 1 is 1.28 bits per heavy atom. The number of para-hydroxylation sites is 1. The second kappa shape index (κ2) is 7.84. The molecular formula is C18H27N3O3Si. The molecule has 0 saturated heterocycles. The van der Waals surface area contributed by atoms with Crippen molar-refractivity contribution >= 4 is 30.9 Å². The van der Waals surface area contributed by atoms with Gasteiger partial charge in [0.2, 0.25) is 5.91 Å². The van der Waals surface area contributed by atoms with Crippen molar-refractivity contribution in [1.82, 2.24) is 10.3 Å². The van der Waals surface area contributed by atoms with Crippen LogP contribution >= 0.6 is 0 Å². The van der Waals surface area contributed by atoms with E-state index in [1.807, 2.05) is 30.5 Å². The number of carboxylic acid groups (broad SMARTS) is 1. The number of carbonyl (C=O) groups is 2. The minimum atomic E-state index is -1.38. The molecule has 1 amide bonds. The maximum Gasteiger partial charge on any atom is 0.326 e. The van der Waals surface area contributed by atoms with E-state index in [0.717, 1.165) is 22.5 Å². The van der Waals surface area contributed by atoms with Crippen molar-refractivity contribution in [3.8, 4) is 0 Å². The first kappa shape index (κ1) is 19.2. The van der Waals surface area contributed by atoms with Crippen LogP contribution in [0.15, 0.2) is 30.5 Å². The normalized spacial score (nSPS) is 14.2. The Kier molecular flexibility index (Phi) is 6.02. The number of nitrogens with two attached hydrogens (primary N) is 1. The van der Waals surface area contributed by atoms with Gasteiger partial charge in [-0.15, -0.1) is 0 Å². The lowest BCUT2D eigenvalue weighted by Gasteiger charge is -2.21. The number of aromatic amines is 1. The van der Waals surface area contributed by atoms with Crippen LogP contribution in [0.5, 0.6) is 0 Å². The topological polar surface area (TPSA) is 108 Å². The molecule has 0 fully saturated rings. The first-order valence-corrected chi connectivity index (χ1v) is 12.2. The fraction of sp³-hybridized carbons (Fsp3) is 0.444. The van der Waals surface area contributed by atoms with Crippen molar-refractivity contribution in [3.05, 3.63) is 36.0 Å². The second-order valence-electron chi connectivity index (χ2n) is 7.67. The fourth-order valence-electron chi connectivity index (χ4n) is 2.74. The standard InChI is InChI=1S/C18H27N3O3Si/c1-25(2,3)9-8-16(18(23)24)21-17(22)14(19)10-12-11-20-15-7-5-4-6-13(12)15/h4-7,11,14,16,20H,8-10,19H2,1-3H3,(H,21,22)(H,23,24)/t14-,16-/m0/s1. The van der Waals surface area contributed by atoms with Gasteiger partial charge in [0.25, 0.3) is 0 Å². The van der Waals surface area contributed by atoms with Crippen molar-refractivity contribution < 1.29 is 14.7 Å². The molecule has 136 valence electrons. The molecule has 0 unspecified atom stereocenters. The molecule has 2 atom stereocenters. The highest BCUT2D eigenvalue weighted by atomic mass is 28.3. The molecule has 0 radical (unpaired) electrons. The third-order valence-electron chi connectivity index (χ3n) is 4.25. The van der Waals surface area contributed by atoms with Crippen molar-refractivity contribution in [1.29, 1.82) is 0 Å². The molecule has 0 bridgehead atoms. The monoisotopic (exact) mass is 361 g/mol. The number of rotatable bonds is 8. The molecule has 1 aromatic carbocycles. The van der Waals surface area contributed by atoms with Gasteiger partial charge < -0.3 is 21.1 Å². The summed E-state index contributed by atoms with van der Waals surface area (Å²) < 4.78 is 0. The minimum absolute atomic E-state index is 0.357. The molecule has 0 aliphatic heterocycles. The van der Waals surface area contributed by atoms with Gasteiger partial charge in [-0.2, -0.15) is 0 Å². The predicted octanol–water partition coefficient (Wildman–Crippen LogP) is 2.34. The molecule has 25 heavy (non-hydrogen) atoms. The van der Waals surface area contributed by atoms with E-state index in [1.54, 1.807) is 0 Å². The van der Waals surface area contributed by atoms with Crippen LogP contribution in [0.1, 0.15) is 12.0 Å². The van der Waals surface area contributed by atoms with Crippen molar-refractivity contribution in [2.24, 2.45) is 5.73 Å². The summed E-state index contributed by atoms with van der Waals surface area (Å²) in [5.41, 5.74) is 7.96. The smallest absolute Gasteiger partial charge is 0.326 e. The van der Waals surface area contributed by atoms with Gasteiger partial charge >= 0.3 is 5.97 Å². The van der Waals surface area contributed by atoms with Gasteiger partial charge in [0.15, 0.2) is 0 Å². The molecule has 0 aliphatic rings. The highest BCUT2D eigenvalue weighted by molar-refractivity contribution is 6.76. The van der Waals surface area contributed by atoms with Crippen LogP contribution in [0.2, 0.25) is 25.7 Å². The summed E-state index contributed by atoms with van der Waals surface area (Å²) in [5, 5.41) is 13.0. The Bertz CT molecular complexity index is 751. The zero-order valence-electron chi connectivity index (χ0n) is 15.0. The average molecular weight is 362 g/mol. The molecule has 1 aromatic heterocycles. The summed E-state index contributed by atoms with van der Waals surface area (Å²) in [6.45, 7) is 6.53. The molecule has 2 aromatic rings. The number of nitrogens with one attached hydrogen (secondary N) is 2. The molecular weight excluding hydrogens is 334 g/mol. The molecule has 0 saturated carbocycles. The summed E-state index contributed by atoms with van der Waals surface area (Å²) in [5.74, 6) is -1.43. The number of hydrogen-bond acceptors (Lipinski definition) is 3. The maximum atomic E-state index is 12.3. The minimum Gasteiger partial charge on any atom is -0.480 e. The SMILES string of the molecule is C[Si](C)(C)CC[C@H](NC(=O)[C@@H](N)Cc1c[nH]c2ccccc12)C(=O)O. The summed E-state index contributed by atoms with van der Waals surface area (Å²) in [7, 11) is -1.38. The van der Waals surface area contributed by atoms with Crippen LogP contribution in [-0.2, 0) is 16.0 Å². The molecule has 1 heterocycles. The zero-order valence-corrected chi connectivity index (χ0v) is 16.0. The van der Waals surface area contributed by atoms with Crippen molar-refractivity contribution in [3.63, 3.8) is 0 Å². The number of fused-ring (bicyclic) bond motifs is 1. The number of amides is 1. The predicted molar refractivity (Wildman–Crippen MR) is 102 cm³/mol. The maximum absolute atomic E-state index is 12.3. The van der Waals surface area contributed by atoms with Gasteiger partial charge in [0.1, 0.15) is 6.04 Å². The Balaban J connectivity index is 1.99. The molecule has 7 heteroatoms. The van der Waals surface area contributed by atoms with E-state index in [1.165, 1.54) is 0 Å². The van der Waals surface area contributed by atoms with Crippen LogP contribution in [0, 0.1) is 0 Å². The number of H-pyrrole nitrogens is 1. The summed E-state index contributed by atoms with van der Waals surface area (Å²) in [4.78, 5) is 26.9. The van der Waals surface area contributed by atoms with E-state index in [-0.39, 0.29) is 0 Å². The van der Waals surface area contributed by atoms with Gasteiger partial charge in [0.05, 0.1) is 6.04 Å². The quantitative estimate of drug-likeness (QED) is 0.541. The van der Waals surface area contributed by atoms with Gasteiger partial charge in [-0.25, -0.2) is 4.79 Å². The van der Waals surface area contributed by atoms with E-state index in [2.05, 4.69) is 29.9 Å². The lowest BCUT2D eigenvalue weighted by atomic mass is 10.0. The van der Waals surface area contributed by atoms with Gasteiger partial charge in [-0.1, -0.05) is 43.9 Å². The number of aliphatic carboxylic acids is 1. The Morgan fingerprint density at radius 2 is 1.96 bits per heavy atom. The van der Waals surface area contributed by atoms with Crippen LogP contribution in [0.4, 0.5) is 0 Å². The van der Waals surface area contributed by atoms with Crippen LogP contribution in [0.25, 0.3) is 10.9 Å². The third kappa shape index (κ3) is 5.44. The number of benzene rings is 1.